The second kappa shape index (κ2) is 5.68. The minimum absolute atomic E-state index is 0.0299. The van der Waals surface area contributed by atoms with Crippen molar-refractivity contribution in [1.29, 1.82) is 0 Å². The van der Waals surface area contributed by atoms with Crippen molar-refractivity contribution < 1.29 is 13.5 Å². The van der Waals surface area contributed by atoms with E-state index in [9.17, 15) is 8.42 Å². The summed E-state index contributed by atoms with van der Waals surface area (Å²) in [5.74, 6) is 0. The van der Waals surface area contributed by atoms with E-state index in [4.69, 9.17) is 22.4 Å². The first-order valence-corrected chi connectivity index (χ1v) is 6.83. The van der Waals surface area contributed by atoms with Gasteiger partial charge in [-0.1, -0.05) is 11.6 Å². The number of sulfonamides is 1. The molecule has 5 nitrogen and oxygen atoms in total. The molecule has 0 aliphatic rings. The normalized spacial score (nSPS) is 12.0. The first kappa shape index (κ1) is 14.2. The fourth-order valence-corrected chi connectivity index (χ4v) is 2.82. The number of rotatable bonds is 5. The molecule has 0 fully saturated rings. The fraction of sp³-hybridized carbons (Fsp3) is 0.400. The van der Waals surface area contributed by atoms with Crippen LogP contribution in [-0.2, 0) is 10.0 Å². The summed E-state index contributed by atoms with van der Waals surface area (Å²) in [6.07, 6.45) is 0.378. The summed E-state index contributed by atoms with van der Waals surface area (Å²) in [5.41, 5.74) is 5.75. The molecule has 1 aromatic carbocycles. The van der Waals surface area contributed by atoms with Crippen LogP contribution < -0.4 is 5.73 Å². The standard InChI is InChI=1S/C10H15ClN2O3S/c1-13(5-2-6-14)17(15,16)10-4-3-8(11)7-9(10)12/h3-4,7,14H,2,5-6,12H2,1H3. The number of nitrogens with zero attached hydrogens (tertiary/aromatic N) is 1. The molecule has 0 spiro atoms. The van der Waals surface area contributed by atoms with Crippen LogP contribution in [0.2, 0.25) is 5.02 Å². The summed E-state index contributed by atoms with van der Waals surface area (Å²) in [5, 5.41) is 9.07. The summed E-state index contributed by atoms with van der Waals surface area (Å²) in [6.45, 7) is 0.177. The number of halogens is 1. The van der Waals surface area contributed by atoms with Crippen molar-refractivity contribution in [3.05, 3.63) is 23.2 Å². The monoisotopic (exact) mass is 278 g/mol. The third-order valence-electron chi connectivity index (χ3n) is 2.29. The Kier molecular flexibility index (Phi) is 4.76. The van der Waals surface area contributed by atoms with Gasteiger partial charge in [0.2, 0.25) is 10.0 Å². The molecule has 0 aromatic heterocycles. The van der Waals surface area contributed by atoms with Gasteiger partial charge in [0, 0.05) is 25.2 Å². The molecule has 0 aliphatic heterocycles. The highest BCUT2D eigenvalue weighted by Gasteiger charge is 2.22. The average molecular weight is 279 g/mol. The van der Waals surface area contributed by atoms with E-state index in [1.807, 2.05) is 0 Å². The lowest BCUT2D eigenvalue weighted by Crippen LogP contribution is -2.29. The van der Waals surface area contributed by atoms with Gasteiger partial charge in [0.25, 0.3) is 0 Å². The SMILES string of the molecule is CN(CCCO)S(=O)(=O)c1ccc(Cl)cc1N. The molecule has 0 radical (unpaired) electrons. The summed E-state index contributed by atoms with van der Waals surface area (Å²) >= 11 is 5.71. The molecule has 1 rings (SSSR count). The number of benzene rings is 1. The molecule has 0 saturated carbocycles. The number of anilines is 1. The number of aliphatic hydroxyl groups excluding tert-OH is 1. The third kappa shape index (κ3) is 3.32. The van der Waals surface area contributed by atoms with E-state index in [-0.39, 0.29) is 23.7 Å². The first-order chi connectivity index (χ1) is 7.89. The Labute approximate surface area is 106 Å². The smallest absolute Gasteiger partial charge is 0.244 e. The maximum absolute atomic E-state index is 12.1. The van der Waals surface area contributed by atoms with Gasteiger partial charge in [-0.05, 0) is 24.6 Å². The van der Waals surface area contributed by atoms with Crippen LogP contribution in [0, 0.1) is 0 Å². The lowest BCUT2D eigenvalue weighted by atomic mass is 10.3. The molecule has 3 N–H and O–H groups in total. The van der Waals surface area contributed by atoms with E-state index >= 15 is 0 Å². The Morgan fingerprint density at radius 3 is 2.65 bits per heavy atom. The summed E-state index contributed by atoms with van der Waals surface area (Å²) < 4.78 is 25.3. The Morgan fingerprint density at radius 1 is 1.47 bits per heavy atom. The van der Waals surface area contributed by atoms with Crippen molar-refractivity contribution in [2.45, 2.75) is 11.3 Å². The molecule has 96 valence electrons. The van der Waals surface area contributed by atoms with Crippen LogP contribution in [0.3, 0.4) is 0 Å². The quantitative estimate of drug-likeness (QED) is 0.785. The molecule has 1 aromatic rings. The molecule has 0 heterocycles. The fourth-order valence-electron chi connectivity index (χ4n) is 1.34. The van der Waals surface area contributed by atoms with Gasteiger partial charge >= 0.3 is 0 Å². The molecule has 7 heteroatoms. The molecule has 0 amide bonds. The topological polar surface area (TPSA) is 83.6 Å². The van der Waals surface area contributed by atoms with E-state index in [2.05, 4.69) is 0 Å². The molecule has 0 bridgehead atoms. The van der Waals surface area contributed by atoms with E-state index in [1.54, 1.807) is 0 Å². The Morgan fingerprint density at radius 2 is 2.12 bits per heavy atom. The van der Waals surface area contributed by atoms with Crippen molar-refractivity contribution in [2.75, 3.05) is 25.9 Å². The maximum atomic E-state index is 12.1. The summed E-state index contributed by atoms with van der Waals surface area (Å²) in [4.78, 5) is 0.0299. The highest BCUT2D eigenvalue weighted by Crippen LogP contribution is 2.24. The van der Waals surface area contributed by atoms with Gasteiger partial charge in [0.15, 0.2) is 0 Å². The van der Waals surface area contributed by atoms with Crippen LogP contribution in [0.5, 0.6) is 0 Å². The number of hydrogen-bond donors (Lipinski definition) is 2. The summed E-state index contributed by atoms with van der Waals surface area (Å²) in [7, 11) is -2.18. The van der Waals surface area contributed by atoms with Crippen LogP contribution in [0.15, 0.2) is 23.1 Å². The molecular weight excluding hydrogens is 264 g/mol. The lowest BCUT2D eigenvalue weighted by molar-refractivity contribution is 0.275. The van der Waals surface area contributed by atoms with Crippen LogP contribution in [0.4, 0.5) is 5.69 Å². The van der Waals surface area contributed by atoms with Gasteiger partial charge in [-0.3, -0.25) is 0 Å². The summed E-state index contributed by atoms with van der Waals surface area (Å²) in [6, 6.07) is 4.25. The zero-order valence-corrected chi connectivity index (χ0v) is 11.0. The molecule has 0 unspecified atom stereocenters. The lowest BCUT2D eigenvalue weighted by Gasteiger charge is -2.17. The minimum atomic E-state index is -3.62. The number of hydrogen-bond acceptors (Lipinski definition) is 4. The van der Waals surface area contributed by atoms with Crippen molar-refractivity contribution in [3.63, 3.8) is 0 Å². The highest BCUT2D eigenvalue weighted by molar-refractivity contribution is 7.89. The minimum Gasteiger partial charge on any atom is -0.398 e. The van der Waals surface area contributed by atoms with Gasteiger partial charge in [-0.25, -0.2) is 12.7 Å². The number of nitrogen functional groups attached to an aromatic ring is 1. The van der Waals surface area contributed by atoms with E-state index in [0.717, 1.165) is 4.31 Å². The predicted octanol–water partition coefficient (Wildman–Crippen LogP) is 0.925. The Bertz CT molecular complexity index is 490. The van der Waals surface area contributed by atoms with Crippen LogP contribution in [-0.4, -0.2) is 38.0 Å². The van der Waals surface area contributed by atoms with Gasteiger partial charge in [-0.15, -0.1) is 0 Å². The van der Waals surface area contributed by atoms with Crippen LogP contribution in [0.1, 0.15) is 6.42 Å². The van der Waals surface area contributed by atoms with E-state index in [1.165, 1.54) is 25.2 Å². The zero-order chi connectivity index (χ0) is 13.1. The second-order valence-corrected chi connectivity index (χ2v) is 6.04. The molecule has 0 saturated heterocycles. The van der Waals surface area contributed by atoms with Gasteiger partial charge < -0.3 is 10.8 Å². The van der Waals surface area contributed by atoms with Crippen molar-refractivity contribution in [3.8, 4) is 0 Å². The Balaban J connectivity index is 3.04. The van der Waals surface area contributed by atoms with E-state index < -0.39 is 10.0 Å². The largest absolute Gasteiger partial charge is 0.398 e. The maximum Gasteiger partial charge on any atom is 0.244 e. The Hall–Kier alpha value is -0.820. The third-order valence-corrected chi connectivity index (χ3v) is 4.46. The van der Waals surface area contributed by atoms with Crippen molar-refractivity contribution in [1.82, 2.24) is 4.31 Å². The average Bonchev–Trinajstić information content (AvgIpc) is 2.25. The van der Waals surface area contributed by atoms with Crippen molar-refractivity contribution in [2.24, 2.45) is 0 Å². The second-order valence-electron chi connectivity index (χ2n) is 3.59. The molecule has 0 aliphatic carbocycles. The molecule has 17 heavy (non-hydrogen) atoms. The van der Waals surface area contributed by atoms with Gasteiger partial charge in [0.1, 0.15) is 4.90 Å². The van der Waals surface area contributed by atoms with E-state index in [0.29, 0.717) is 11.4 Å². The number of nitrogens with two attached hydrogens (primary N) is 1. The first-order valence-electron chi connectivity index (χ1n) is 5.02. The predicted molar refractivity (Wildman–Crippen MR) is 67.4 cm³/mol. The number of aliphatic hydroxyl groups is 1. The zero-order valence-electron chi connectivity index (χ0n) is 9.43. The van der Waals surface area contributed by atoms with Gasteiger partial charge in [-0.2, -0.15) is 0 Å². The van der Waals surface area contributed by atoms with Crippen molar-refractivity contribution >= 4 is 27.3 Å². The van der Waals surface area contributed by atoms with Crippen LogP contribution >= 0.6 is 11.6 Å². The highest BCUT2D eigenvalue weighted by atomic mass is 35.5. The molecular formula is C10H15ClN2O3S. The van der Waals surface area contributed by atoms with Crippen LogP contribution in [0.25, 0.3) is 0 Å². The molecule has 0 atom stereocenters. The van der Waals surface area contributed by atoms with Gasteiger partial charge in [0.05, 0.1) is 5.69 Å².